The Balaban J connectivity index is 1.17. The number of thiophene rings is 1. The van der Waals surface area contributed by atoms with E-state index in [9.17, 15) is 4.79 Å². The fourth-order valence-electron chi connectivity index (χ4n) is 4.41. The lowest BCUT2D eigenvalue weighted by Crippen LogP contribution is -2.45. The molecule has 5 rings (SSSR count). The molecule has 0 radical (unpaired) electrons. The Labute approximate surface area is 168 Å². The van der Waals surface area contributed by atoms with Crippen molar-refractivity contribution in [3.63, 3.8) is 0 Å². The highest BCUT2D eigenvalue weighted by Crippen LogP contribution is 2.32. The Morgan fingerprint density at radius 3 is 2.89 bits per heavy atom. The van der Waals surface area contributed by atoms with E-state index in [1.165, 1.54) is 23.1 Å². The molecule has 1 aliphatic carbocycles. The van der Waals surface area contributed by atoms with Gasteiger partial charge in [-0.05, 0) is 64.9 Å². The molecule has 2 amide bonds. The molecule has 0 spiro atoms. The van der Waals surface area contributed by atoms with Gasteiger partial charge in [-0.1, -0.05) is 18.2 Å². The van der Waals surface area contributed by atoms with Crippen LogP contribution in [0.3, 0.4) is 0 Å². The van der Waals surface area contributed by atoms with Gasteiger partial charge in [0.2, 0.25) is 0 Å². The summed E-state index contributed by atoms with van der Waals surface area (Å²) in [5.74, 6) is 0.219. The van der Waals surface area contributed by atoms with Gasteiger partial charge in [-0.25, -0.2) is 4.79 Å². The van der Waals surface area contributed by atoms with Crippen molar-refractivity contribution in [3.8, 4) is 0 Å². The summed E-state index contributed by atoms with van der Waals surface area (Å²) in [4.78, 5) is 12.5. The first-order valence-corrected chi connectivity index (χ1v) is 10.8. The van der Waals surface area contributed by atoms with Gasteiger partial charge in [0.15, 0.2) is 0 Å². The summed E-state index contributed by atoms with van der Waals surface area (Å²) in [6, 6.07) is 7.96. The van der Waals surface area contributed by atoms with Gasteiger partial charge in [-0.3, -0.25) is 0 Å². The minimum Gasteiger partial charge on any atom is -0.373 e. The van der Waals surface area contributed by atoms with Crippen molar-refractivity contribution < 1.29 is 14.3 Å². The van der Waals surface area contributed by atoms with Crippen LogP contribution in [-0.4, -0.2) is 37.5 Å². The fraction of sp³-hybridized carbons (Fsp3) is 0.409. The molecule has 2 aliphatic heterocycles. The smallest absolute Gasteiger partial charge is 0.319 e. The number of hydrogen-bond donors (Lipinski definition) is 2. The molecule has 6 heteroatoms. The molecule has 3 aliphatic rings. The molecule has 0 bridgehead atoms. The average molecular weight is 397 g/mol. The first-order chi connectivity index (χ1) is 13.8. The van der Waals surface area contributed by atoms with Crippen LogP contribution in [0, 0.1) is 5.92 Å². The summed E-state index contributed by atoms with van der Waals surface area (Å²) in [6.45, 7) is 1.11. The van der Waals surface area contributed by atoms with Crippen molar-refractivity contribution in [1.29, 1.82) is 0 Å². The van der Waals surface area contributed by atoms with Gasteiger partial charge in [0.25, 0.3) is 0 Å². The van der Waals surface area contributed by atoms with Crippen LogP contribution in [-0.2, 0) is 22.3 Å². The fourth-order valence-corrected chi connectivity index (χ4v) is 5.04. The highest BCUT2D eigenvalue weighted by atomic mass is 32.1. The number of carbonyl (C=O) groups excluding carboxylic acids is 1. The maximum Gasteiger partial charge on any atom is 0.319 e. The molecule has 28 heavy (non-hydrogen) atoms. The topological polar surface area (TPSA) is 59.6 Å². The Bertz CT molecular complexity index is 880. The highest BCUT2D eigenvalue weighted by Gasteiger charge is 2.47. The maximum absolute atomic E-state index is 12.5. The molecule has 0 unspecified atom stereocenters. The second-order valence-electron chi connectivity index (χ2n) is 7.72. The normalized spacial score (nSPS) is 28.4. The SMILES string of the molecule is O=C(Nc1ccc2c(c1)CCC2)N[C@H]1CO[C@H]2[C@@H]1OC[C@@H]2C=Cc1ccsc1. The molecule has 2 aromatic rings. The van der Waals surface area contributed by atoms with E-state index in [1.807, 2.05) is 6.07 Å². The Morgan fingerprint density at radius 2 is 2.00 bits per heavy atom. The second kappa shape index (κ2) is 7.70. The minimum absolute atomic E-state index is 0.000167. The molecule has 2 saturated heterocycles. The summed E-state index contributed by atoms with van der Waals surface area (Å²) in [5, 5.41) is 10.2. The number of nitrogens with one attached hydrogen (secondary N) is 2. The van der Waals surface area contributed by atoms with Crippen LogP contribution in [0.25, 0.3) is 6.08 Å². The Morgan fingerprint density at radius 1 is 1.11 bits per heavy atom. The number of ether oxygens (including phenoxy) is 2. The predicted molar refractivity (Wildman–Crippen MR) is 111 cm³/mol. The number of rotatable bonds is 4. The van der Waals surface area contributed by atoms with Crippen LogP contribution in [0.15, 0.2) is 41.1 Å². The third-order valence-corrected chi connectivity index (χ3v) is 6.55. The Hall–Kier alpha value is -2.15. The molecule has 1 aromatic carbocycles. The predicted octanol–water partition coefficient (Wildman–Crippen LogP) is 3.85. The van der Waals surface area contributed by atoms with Crippen molar-refractivity contribution in [3.05, 3.63) is 57.8 Å². The van der Waals surface area contributed by atoms with Gasteiger partial charge >= 0.3 is 6.03 Å². The summed E-state index contributed by atoms with van der Waals surface area (Å²) >= 11 is 1.69. The van der Waals surface area contributed by atoms with Crippen molar-refractivity contribution in [2.75, 3.05) is 18.5 Å². The molecule has 3 heterocycles. The van der Waals surface area contributed by atoms with Crippen LogP contribution in [0.1, 0.15) is 23.1 Å². The number of anilines is 1. The number of urea groups is 1. The molecule has 2 fully saturated rings. The monoisotopic (exact) mass is 396 g/mol. The lowest BCUT2D eigenvalue weighted by Gasteiger charge is -2.18. The van der Waals surface area contributed by atoms with E-state index in [0.717, 1.165) is 18.5 Å². The molecular weight excluding hydrogens is 372 g/mol. The van der Waals surface area contributed by atoms with E-state index in [2.05, 4.69) is 51.7 Å². The highest BCUT2D eigenvalue weighted by molar-refractivity contribution is 7.08. The van der Waals surface area contributed by atoms with Gasteiger partial charge < -0.3 is 20.1 Å². The largest absolute Gasteiger partial charge is 0.373 e. The van der Waals surface area contributed by atoms with E-state index in [-0.39, 0.29) is 30.2 Å². The molecule has 0 saturated carbocycles. The zero-order valence-electron chi connectivity index (χ0n) is 15.6. The Kier molecular flexibility index (Phi) is 4.93. The molecule has 1 aromatic heterocycles. The number of fused-ring (bicyclic) bond motifs is 2. The minimum atomic E-state index is -0.201. The zero-order valence-corrected chi connectivity index (χ0v) is 16.4. The van der Waals surface area contributed by atoms with E-state index < -0.39 is 0 Å². The quantitative estimate of drug-likeness (QED) is 0.825. The molecule has 2 N–H and O–H groups in total. The average Bonchev–Trinajstić information content (AvgIpc) is 3.46. The van der Waals surface area contributed by atoms with Gasteiger partial charge in [-0.15, -0.1) is 0 Å². The lowest BCUT2D eigenvalue weighted by atomic mass is 9.99. The number of carbonyl (C=O) groups is 1. The zero-order chi connectivity index (χ0) is 18.9. The number of amides is 2. The van der Waals surface area contributed by atoms with E-state index in [1.54, 1.807) is 11.3 Å². The number of hydrogen-bond acceptors (Lipinski definition) is 4. The number of benzene rings is 1. The molecule has 4 atom stereocenters. The van der Waals surface area contributed by atoms with Crippen molar-refractivity contribution >= 4 is 29.1 Å². The first kappa shape index (κ1) is 17.9. The first-order valence-electron chi connectivity index (χ1n) is 9.89. The van der Waals surface area contributed by atoms with E-state index in [0.29, 0.717) is 13.2 Å². The molecule has 146 valence electrons. The summed E-state index contributed by atoms with van der Waals surface area (Å²) in [6.07, 6.45) is 7.64. The third-order valence-electron chi connectivity index (χ3n) is 5.84. The lowest BCUT2D eigenvalue weighted by molar-refractivity contribution is 0.0662. The van der Waals surface area contributed by atoms with Crippen LogP contribution >= 0.6 is 11.3 Å². The van der Waals surface area contributed by atoms with Crippen molar-refractivity contribution in [2.24, 2.45) is 5.92 Å². The molecule has 5 nitrogen and oxygen atoms in total. The van der Waals surface area contributed by atoms with E-state index >= 15 is 0 Å². The maximum atomic E-state index is 12.5. The summed E-state index contributed by atoms with van der Waals surface area (Å²) < 4.78 is 11.9. The number of aryl methyl sites for hydroxylation is 2. The van der Waals surface area contributed by atoms with E-state index in [4.69, 9.17) is 9.47 Å². The summed E-state index contributed by atoms with van der Waals surface area (Å²) in [7, 11) is 0. The van der Waals surface area contributed by atoms with Gasteiger partial charge in [-0.2, -0.15) is 11.3 Å². The van der Waals surface area contributed by atoms with Crippen molar-refractivity contribution in [1.82, 2.24) is 5.32 Å². The van der Waals surface area contributed by atoms with Crippen molar-refractivity contribution in [2.45, 2.75) is 37.5 Å². The van der Waals surface area contributed by atoms with Crippen LogP contribution in [0.5, 0.6) is 0 Å². The van der Waals surface area contributed by atoms with Gasteiger partial charge in [0.1, 0.15) is 6.10 Å². The second-order valence-corrected chi connectivity index (χ2v) is 8.50. The third kappa shape index (κ3) is 3.60. The van der Waals surface area contributed by atoms with Gasteiger partial charge in [0, 0.05) is 11.6 Å². The van der Waals surface area contributed by atoms with Crippen LogP contribution in [0.4, 0.5) is 10.5 Å². The van der Waals surface area contributed by atoms with Crippen LogP contribution in [0.2, 0.25) is 0 Å². The molecular formula is C22H24N2O3S. The van der Waals surface area contributed by atoms with Gasteiger partial charge in [0.05, 0.1) is 25.4 Å². The van der Waals surface area contributed by atoms with Crippen LogP contribution < -0.4 is 10.6 Å². The standard InChI is InChI=1S/C22H24N2O3S/c25-22(23-18-7-6-15-2-1-3-16(15)10-18)24-19-12-27-20-17(11-26-21(19)20)5-4-14-8-9-28-13-14/h4-10,13,17,19-21H,1-3,11-12H2,(H2,23,24,25)/t17-,19-,20+,21+/m0/s1. The summed E-state index contributed by atoms with van der Waals surface area (Å²) in [5.41, 5.74) is 4.80.